The Morgan fingerprint density at radius 2 is 1.74 bits per heavy atom. The lowest BCUT2D eigenvalue weighted by atomic mass is 10.1. The molecule has 0 unspecified atom stereocenters. The van der Waals surface area contributed by atoms with Crippen molar-refractivity contribution in [1.82, 2.24) is 14.5 Å². The molecule has 3 aromatic rings. The van der Waals surface area contributed by atoms with Crippen molar-refractivity contribution in [1.29, 1.82) is 0 Å². The van der Waals surface area contributed by atoms with E-state index < -0.39 is 0 Å². The first-order valence-electron chi connectivity index (χ1n) is 12.0. The second-order valence-corrected chi connectivity index (χ2v) is 9.45. The highest BCUT2D eigenvalue weighted by atomic mass is 16.2. The summed E-state index contributed by atoms with van der Waals surface area (Å²) in [5.74, 6) is 1.31. The molecule has 0 aliphatic heterocycles. The monoisotopic (exact) mass is 415 g/mol. The van der Waals surface area contributed by atoms with Gasteiger partial charge in [-0.15, -0.1) is 0 Å². The van der Waals surface area contributed by atoms with Gasteiger partial charge in [0.15, 0.2) is 0 Å². The highest BCUT2D eigenvalue weighted by Gasteiger charge is 2.30. The van der Waals surface area contributed by atoms with Crippen LogP contribution in [0.2, 0.25) is 0 Å². The Balaban J connectivity index is 1.47. The molecule has 4 nitrogen and oxygen atoms in total. The van der Waals surface area contributed by atoms with Crippen LogP contribution in [0, 0.1) is 6.92 Å². The van der Waals surface area contributed by atoms with Crippen LogP contribution in [-0.4, -0.2) is 26.4 Å². The number of hydrogen-bond donors (Lipinski definition) is 0. The Labute approximate surface area is 185 Å². The largest absolute Gasteiger partial charge is 0.332 e. The van der Waals surface area contributed by atoms with Crippen LogP contribution in [0.15, 0.2) is 48.5 Å². The molecule has 1 amide bonds. The van der Waals surface area contributed by atoms with Gasteiger partial charge in [0.1, 0.15) is 5.82 Å². The zero-order chi connectivity index (χ0) is 21.2. The van der Waals surface area contributed by atoms with E-state index in [1.165, 1.54) is 49.6 Å². The van der Waals surface area contributed by atoms with Crippen molar-refractivity contribution in [2.45, 2.75) is 83.3 Å². The summed E-state index contributed by atoms with van der Waals surface area (Å²) in [4.78, 5) is 20.7. The van der Waals surface area contributed by atoms with E-state index in [9.17, 15) is 4.79 Å². The highest BCUT2D eigenvalue weighted by Crippen LogP contribution is 2.35. The summed E-state index contributed by atoms with van der Waals surface area (Å²) < 4.78 is 2.46. The van der Waals surface area contributed by atoms with E-state index in [2.05, 4.69) is 64.9 Å². The fourth-order valence-corrected chi connectivity index (χ4v) is 5.66. The molecule has 1 heterocycles. The first-order valence-corrected chi connectivity index (χ1v) is 12.0. The van der Waals surface area contributed by atoms with Crippen LogP contribution in [0.25, 0.3) is 11.0 Å². The molecule has 2 aliphatic rings. The molecule has 162 valence electrons. The van der Waals surface area contributed by atoms with E-state index in [-0.39, 0.29) is 5.91 Å². The molecule has 2 aromatic carbocycles. The maximum Gasteiger partial charge on any atom is 0.227 e. The molecular formula is C27H33N3O. The van der Waals surface area contributed by atoms with Crippen molar-refractivity contribution in [3.63, 3.8) is 0 Å². The summed E-state index contributed by atoms with van der Waals surface area (Å²) >= 11 is 0. The summed E-state index contributed by atoms with van der Waals surface area (Å²) in [5, 5.41) is 0. The maximum absolute atomic E-state index is 13.6. The van der Waals surface area contributed by atoms with Gasteiger partial charge in [0.25, 0.3) is 0 Å². The molecule has 0 spiro atoms. The number of hydrogen-bond acceptors (Lipinski definition) is 2. The van der Waals surface area contributed by atoms with E-state index in [4.69, 9.17) is 4.98 Å². The predicted octanol–water partition coefficient (Wildman–Crippen LogP) is 5.97. The van der Waals surface area contributed by atoms with Gasteiger partial charge in [-0.05, 0) is 50.3 Å². The van der Waals surface area contributed by atoms with Crippen molar-refractivity contribution in [2.24, 2.45) is 0 Å². The molecule has 2 saturated carbocycles. The zero-order valence-corrected chi connectivity index (χ0v) is 18.6. The number of imidazole rings is 1. The molecule has 0 N–H and O–H groups in total. The second kappa shape index (κ2) is 8.86. The number of aryl methyl sites for hydroxylation is 1. The molecule has 1 aromatic heterocycles. The lowest BCUT2D eigenvalue weighted by Crippen LogP contribution is -2.40. The van der Waals surface area contributed by atoms with E-state index in [0.29, 0.717) is 25.0 Å². The average molecular weight is 416 g/mol. The Kier molecular flexibility index (Phi) is 5.80. The minimum absolute atomic E-state index is 0.238. The number of rotatable bonds is 6. The third kappa shape index (κ3) is 4.26. The fourth-order valence-electron chi connectivity index (χ4n) is 5.66. The van der Waals surface area contributed by atoms with Crippen molar-refractivity contribution in [3.05, 3.63) is 65.5 Å². The second-order valence-electron chi connectivity index (χ2n) is 9.45. The smallest absolute Gasteiger partial charge is 0.227 e. The third-order valence-electron chi connectivity index (χ3n) is 7.19. The van der Waals surface area contributed by atoms with Crippen LogP contribution < -0.4 is 0 Å². The number of carbonyl (C=O) groups is 1. The predicted molar refractivity (Wildman–Crippen MR) is 125 cm³/mol. The van der Waals surface area contributed by atoms with Crippen LogP contribution in [0.3, 0.4) is 0 Å². The summed E-state index contributed by atoms with van der Waals surface area (Å²) in [6.45, 7) is 2.72. The van der Waals surface area contributed by atoms with Gasteiger partial charge in [-0.3, -0.25) is 4.79 Å². The molecule has 0 bridgehead atoms. The van der Waals surface area contributed by atoms with Gasteiger partial charge in [0, 0.05) is 12.1 Å². The van der Waals surface area contributed by atoms with Gasteiger partial charge >= 0.3 is 0 Å². The molecule has 0 atom stereocenters. The van der Waals surface area contributed by atoms with E-state index in [0.717, 1.165) is 29.7 Å². The number of para-hydroxylation sites is 2. The quantitative estimate of drug-likeness (QED) is 0.497. The molecule has 31 heavy (non-hydrogen) atoms. The minimum atomic E-state index is 0.238. The van der Waals surface area contributed by atoms with Crippen LogP contribution in [0.4, 0.5) is 0 Å². The standard InChI is InChI=1S/C27H33N3O/c1-20-9-8-10-21(17-20)18-27(31)29(22-11-2-3-12-22)19-26-28-24-15-6-7-16-25(24)30(26)23-13-4-5-14-23/h6-10,15-17,22-23H,2-5,11-14,18-19H2,1H3. The summed E-state index contributed by atoms with van der Waals surface area (Å²) in [6.07, 6.45) is 10.1. The van der Waals surface area contributed by atoms with E-state index in [1.54, 1.807) is 0 Å². The van der Waals surface area contributed by atoms with Crippen molar-refractivity contribution in [2.75, 3.05) is 0 Å². The van der Waals surface area contributed by atoms with Gasteiger partial charge in [-0.2, -0.15) is 0 Å². The van der Waals surface area contributed by atoms with Crippen LogP contribution in [0.5, 0.6) is 0 Å². The Morgan fingerprint density at radius 3 is 2.52 bits per heavy atom. The van der Waals surface area contributed by atoms with Crippen molar-refractivity contribution in [3.8, 4) is 0 Å². The molecule has 0 radical (unpaired) electrons. The zero-order valence-electron chi connectivity index (χ0n) is 18.6. The molecule has 2 fully saturated rings. The van der Waals surface area contributed by atoms with E-state index in [1.807, 2.05) is 0 Å². The third-order valence-corrected chi connectivity index (χ3v) is 7.19. The Hall–Kier alpha value is -2.62. The molecular weight excluding hydrogens is 382 g/mol. The van der Waals surface area contributed by atoms with Crippen LogP contribution in [0.1, 0.15) is 74.4 Å². The van der Waals surface area contributed by atoms with Gasteiger partial charge in [-0.25, -0.2) is 4.98 Å². The lowest BCUT2D eigenvalue weighted by Gasteiger charge is -2.30. The topological polar surface area (TPSA) is 38.1 Å². The van der Waals surface area contributed by atoms with Crippen molar-refractivity contribution < 1.29 is 4.79 Å². The summed E-state index contributed by atoms with van der Waals surface area (Å²) in [7, 11) is 0. The molecule has 4 heteroatoms. The average Bonchev–Trinajstić information content (AvgIpc) is 3.52. The van der Waals surface area contributed by atoms with Gasteiger partial charge in [0.2, 0.25) is 5.91 Å². The normalized spacial score (nSPS) is 17.6. The molecule has 0 saturated heterocycles. The number of nitrogens with zero attached hydrogens (tertiary/aromatic N) is 3. The number of carbonyl (C=O) groups excluding carboxylic acids is 1. The maximum atomic E-state index is 13.6. The van der Waals surface area contributed by atoms with Gasteiger partial charge < -0.3 is 9.47 Å². The number of amides is 1. The minimum Gasteiger partial charge on any atom is -0.332 e. The molecule has 5 rings (SSSR count). The van der Waals surface area contributed by atoms with E-state index >= 15 is 0 Å². The first-order chi connectivity index (χ1) is 15.2. The Morgan fingerprint density at radius 1 is 1.00 bits per heavy atom. The highest BCUT2D eigenvalue weighted by molar-refractivity contribution is 5.80. The van der Waals surface area contributed by atoms with Gasteiger partial charge in [0.05, 0.1) is 24.0 Å². The summed E-state index contributed by atoms with van der Waals surface area (Å²) in [5.41, 5.74) is 4.60. The number of aromatic nitrogens is 2. The number of benzene rings is 2. The number of fused-ring (bicyclic) bond motifs is 1. The van der Waals surface area contributed by atoms with Gasteiger partial charge in [-0.1, -0.05) is 67.6 Å². The summed E-state index contributed by atoms with van der Waals surface area (Å²) in [6, 6.07) is 17.7. The van der Waals surface area contributed by atoms with Crippen molar-refractivity contribution >= 4 is 16.9 Å². The molecule has 2 aliphatic carbocycles. The Bertz CT molecular complexity index is 1060. The SMILES string of the molecule is Cc1cccc(CC(=O)N(Cc2nc3ccccc3n2C2CCCC2)C2CCCC2)c1. The first kappa shape index (κ1) is 20.3. The van der Waals surface area contributed by atoms with Crippen LogP contribution >= 0.6 is 0 Å². The van der Waals surface area contributed by atoms with Crippen LogP contribution in [-0.2, 0) is 17.8 Å². The fraction of sp³-hybridized carbons (Fsp3) is 0.481. The lowest BCUT2D eigenvalue weighted by molar-refractivity contribution is -0.133.